The molecular weight excluding hydrogens is 276 g/mol. The van der Waals surface area contributed by atoms with Crippen LogP contribution in [0.4, 0.5) is 0 Å². The molecule has 0 aromatic heterocycles. The molecule has 0 bridgehead atoms. The van der Waals surface area contributed by atoms with Crippen molar-refractivity contribution in [2.24, 2.45) is 0 Å². The van der Waals surface area contributed by atoms with E-state index in [0.29, 0.717) is 12.1 Å². The molecule has 0 saturated carbocycles. The topological polar surface area (TPSA) is 35.9 Å². The highest BCUT2D eigenvalue weighted by Crippen LogP contribution is 2.22. The van der Waals surface area contributed by atoms with Crippen LogP contribution in [0.5, 0.6) is 0 Å². The fraction of sp³-hybridized carbons (Fsp3) is 0.667. The molecule has 2 fully saturated rings. The van der Waals surface area contributed by atoms with E-state index in [1.165, 1.54) is 5.56 Å². The average molecular weight is 304 g/mol. The first-order valence-corrected chi connectivity index (χ1v) is 8.57. The van der Waals surface area contributed by atoms with E-state index in [4.69, 9.17) is 4.74 Å². The smallest absolute Gasteiger partial charge is 0.0480 e. The molecule has 0 radical (unpaired) electrons. The van der Waals surface area contributed by atoms with Crippen LogP contribution in [-0.4, -0.2) is 66.4 Å². The standard InChI is InChI=1S/C18H28N2O2/c21-11-6-18-15-20(17-7-12-22-13-8-17)10-9-19(18)14-16-4-2-1-3-5-16/h1-5,17-18,21H,6-15H2/t18-/m0/s1. The van der Waals surface area contributed by atoms with E-state index in [9.17, 15) is 5.11 Å². The summed E-state index contributed by atoms with van der Waals surface area (Å²) in [6.45, 7) is 6.39. The van der Waals surface area contributed by atoms with Crippen LogP contribution >= 0.6 is 0 Å². The summed E-state index contributed by atoms with van der Waals surface area (Å²) in [5.74, 6) is 0. The van der Waals surface area contributed by atoms with Crippen LogP contribution in [0.15, 0.2) is 30.3 Å². The van der Waals surface area contributed by atoms with E-state index in [-0.39, 0.29) is 6.61 Å². The molecule has 1 aromatic rings. The van der Waals surface area contributed by atoms with Crippen molar-refractivity contribution in [2.45, 2.75) is 37.9 Å². The first kappa shape index (κ1) is 15.9. The molecular formula is C18H28N2O2. The second-order valence-electron chi connectivity index (χ2n) is 6.46. The molecule has 0 aliphatic carbocycles. The molecule has 4 heteroatoms. The van der Waals surface area contributed by atoms with Gasteiger partial charge in [-0.2, -0.15) is 0 Å². The molecule has 2 aliphatic rings. The monoisotopic (exact) mass is 304 g/mol. The molecule has 1 N–H and O–H groups in total. The third-order valence-corrected chi connectivity index (χ3v) is 5.03. The Morgan fingerprint density at radius 1 is 1.09 bits per heavy atom. The molecule has 2 saturated heterocycles. The third-order valence-electron chi connectivity index (χ3n) is 5.03. The van der Waals surface area contributed by atoms with Crippen molar-refractivity contribution in [1.82, 2.24) is 9.80 Å². The van der Waals surface area contributed by atoms with Crippen molar-refractivity contribution in [3.05, 3.63) is 35.9 Å². The van der Waals surface area contributed by atoms with Gasteiger partial charge in [0.2, 0.25) is 0 Å². The first-order chi connectivity index (χ1) is 10.9. The average Bonchev–Trinajstić information content (AvgIpc) is 2.58. The number of ether oxygens (including phenoxy) is 1. The van der Waals surface area contributed by atoms with Crippen molar-refractivity contribution in [3.8, 4) is 0 Å². The van der Waals surface area contributed by atoms with E-state index >= 15 is 0 Å². The number of piperazine rings is 1. The van der Waals surface area contributed by atoms with Gasteiger partial charge in [-0.1, -0.05) is 30.3 Å². The number of rotatable bonds is 5. The summed E-state index contributed by atoms with van der Waals surface area (Å²) in [6.07, 6.45) is 3.18. The van der Waals surface area contributed by atoms with E-state index in [2.05, 4.69) is 40.1 Å². The zero-order valence-electron chi connectivity index (χ0n) is 13.4. The highest BCUT2D eigenvalue weighted by atomic mass is 16.5. The summed E-state index contributed by atoms with van der Waals surface area (Å²) in [6, 6.07) is 11.8. The van der Waals surface area contributed by atoms with Gasteiger partial charge in [0.15, 0.2) is 0 Å². The lowest BCUT2D eigenvalue weighted by Gasteiger charge is -2.45. The molecule has 2 aliphatic heterocycles. The quantitative estimate of drug-likeness (QED) is 0.899. The van der Waals surface area contributed by atoms with Crippen LogP contribution in [0.25, 0.3) is 0 Å². The summed E-state index contributed by atoms with van der Waals surface area (Å²) in [4.78, 5) is 5.17. The fourth-order valence-corrected chi connectivity index (χ4v) is 3.75. The molecule has 122 valence electrons. The zero-order valence-corrected chi connectivity index (χ0v) is 13.4. The third kappa shape index (κ3) is 4.07. The second kappa shape index (κ2) is 8.06. The highest BCUT2D eigenvalue weighted by molar-refractivity contribution is 5.14. The van der Waals surface area contributed by atoms with E-state index in [1.54, 1.807) is 0 Å². The Balaban J connectivity index is 1.60. The lowest BCUT2D eigenvalue weighted by molar-refractivity contribution is -0.0116. The molecule has 0 amide bonds. The normalized spacial score (nSPS) is 25.4. The summed E-state index contributed by atoms with van der Waals surface area (Å²) in [5.41, 5.74) is 1.37. The maximum absolute atomic E-state index is 9.43. The number of nitrogens with zero attached hydrogens (tertiary/aromatic N) is 2. The molecule has 0 spiro atoms. The van der Waals surface area contributed by atoms with Gasteiger partial charge < -0.3 is 9.84 Å². The zero-order chi connectivity index (χ0) is 15.2. The highest BCUT2D eigenvalue weighted by Gasteiger charge is 2.31. The summed E-state index contributed by atoms with van der Waals surface area (Å²) in [7, 11) is 0. The van der Waals surface area contributed by atoms with Crippen LogP contribution in [0.2, 0.25) is 0 Å². The van der Waals surface area contributed by atoms with Gasteiger partial charge in [0.25, 0.3) is 0 Å². The van der Waals surface area contributed by atoms with Crippen LogP contribution in [0.1, 0.15) is 24.8 Å². The summed E-state index contributed by atoms with van der Waals surface area (Å²) < 4.78 is 5.49. The maximum atomic E-state index is 9.43. The van der Waals surface area contributed by atoms with Crippen LogP contribution in [-0.2, 0) is 11.3 Å². The van der Waals surface area contributed by atoms with Crippen LogP contribution < -0.4 is 0 Å². The minimum Gasteiger partial charge on any atom is -0.396 e. The molecule has 1 atom stereocenters. The number of aliphatic hydroxyl groups excluding tert-OH is 1. The molecule has 2 heterocycles. The first-order valence-electron chi connectivity index (χ1n) is 8.57. The van der Waals surface area contributed by atoms with Crippen molar-refractivity contribution in [2.75, 3.05) is 39.5 Å². The largest absolute Gasteiger partial charge is 0.396 e. The molecule has 4 nitrogen and oxygen atoms in total. The minimum absolute atomic E-state index is 0.275. The minimum atomic E-state index is 0.275. The maximum Gasteiger partial charge on any atom is 0.0480 e. The van der Waals surface area contributed by atoms with Gasteiger partial charge >= 0.3 is 0 Å². The van der Waals surface area contributed by atoms with Gasteiger partial charge in [-0.25, -0.2) is 0 Å². The fourth-order valence-electron chi connectivity index (χ4n) is 3.75. The Morgan fingerprint density at radius 2 is 1.86 bits per heavy atom. The Kier molecular flexibility index (Phi) is 5.84. The van der Waals surface area contributed by atoms with Crippen molar-refractivity contribution < 1.29 is 9.84 Å². The Labute approximate surface area is 133 Å². The molecule has 3 rings (SSSR count). The van der Waals surface area contributed by atoms with Crippen LogP contribution in [0.3, 0.4) is 0 Å². The van der Waals surface area contributed by atoms with Crippen molar-refractivity contribution in [3.63, 3.8) is 0 Å². The Hall–Kier alpha value is -0.940. The van der Waals surface area contributed by atoms with E-state index in [1.807, 2.05) is 0 Å². The van der Waals surface area contributed by atoms with E-state index in [0.717, 1.165) is 58.7 Å². The molecule has 1 aromatic carbocycles. The van der Waals surface area contributed by atoms with Crippen molar-refractivity contribution in [1.29, 1.82) is 0 Å². The number of aliphatic hydroxyl groups is 1. The predicted molar refractivity (Wildman–Crippen MR) is 87.8 cm³/mol. The summed E-state index contributed by atoms with van der Waals surface area (Å²) in [5, 5.41) is 9.43. The van der Waals surface area contributed by atoms with Crippen molar-refractivity contribution >= 4 is 0 Å². The van der Waals surface area contributed by atoms with Gasteiger partial charge in [0, 0.05) is 58.1 Å². The van der Waals surface area contributed by atoms with E-state index < -0.39 is 0 Å². The van der Waals surface area contributed by atoms with Gasteiger partial charge in [-0.3, -0.25) is 9.80 Å². The summed E-state index contributed by atoms with van der Waals surface area (Å²) >= 11 is 0. The van der Waals surface area contributed by atoms with Gasteiger partial charge in [-0.15, -0.1) is 0 Å². The van der Waals surface area contributed by atoms with Gasteiger partial charge in [-0.05, 0) is 24.8 Å². The lowest BCUT2D eigenvalue weighted by atomic mass is 10.0. The molecule has 0 unspecified atom stereocenters. The number of hydrogen-bond acceptors (Lipinski definition) is 4. The SMILES string of the molecule is OCC[C@H]1CN(C2CCOCC2)CCN1Cc1ccccc1. The Morgan fingerprint density at radius 3 is 2.59 bits per heavy atom. The number of hydrogen-bond donors (Lipinski definition) is 1. The lowest BCUT2D eigenvalue weighted by Crippen LogP contribution is -2.56. The number of benzene rings is 1. The van der Waals surface area contributed by atoms with Gasteiger partial charge in [0.05, 0.1) is 0 Å². The second-order valence-corrected chi connectivity index (χ2v) is 6.46. The molecule has 22 heavy (non-hydrogen) atoms. The Bertz CT molecular complexity index is 434. The van der Waals surface area contributed by atoms with Crippen LogP contribution in [0, 0.1) is 0 Å². The van der Waals surface area contributed by atoms with Gasteiger partial charge in [0.1, 0.15) is 0 Å². The predicted octanol–water partition coefficient (Wildman–Crippen LogP) is 1.73.